The predicted molar refractivity (Wildman–Crippen MR) is 50.6 cm³/mol. The second-order valence-corrected chi connectivity index (χ2v) is 2.98. The Hall–Kier alpha value is -1.13. The Kier molecular flexibility index (Phi) is 3.43. The van der Waals surface area contributed by atoms with Gasteiger partial charge in [-0.25, -0.2) is 0 Å². The number of ether oxygens (including phenoxy) is 3. The van der Waals surface area contributed by atoms with E-state index < -0.39 is 5.79 Å². The molecule has 78 valence electrons. The zero-order chi connectivity index (χ0) is 10.6. The molecule has 0 atom stereocenters. The van der Waals surface area contributed by atoms with Gasteiger partial charge < -0.3 is 14.2 Å². The van der Waals surface area contributed by atoms with E-state index in [9.17, 15) is 4.79 Å². The minimum atomic E-state index is -0.879. The standard InChI is InChI=1S/C10H14O4/c1-12-9-4-8(7-11)5-10(6-9,13-2)14-3/h4,6-7H,5H2,1-3H3. The summed E-state index contributed by atoms with van der Waals surface area (Å²) >= 11 is 0. The van der Waals surface area contributed by atoms with Crippen molar-refractivity contribution in [2.75, 3.05) is 21.3 Å². The van der Waals surface area contributed by atoms with Gasteiger partial charge in [-0.1, -0.05) is 0 Å². The van der Waals surface area contributed by atoms with Crippen molar-refractivity contribution in [1.82, 2.24) is 0 Å². The smallest absolute Gasteiger partial charge is 0.195 e. The highest BCUT2D eigenvalue weighted by Crippen LogP contribution is 2.29. The summed E-state index contributed by atoms with van der Waals surface area (Å²) in [5, 5.41) is 0. The minimum Gasteiger partial charge on any atom is -0.497 e. The molecule has 14 heavy (non-hydrogen) atoms. The lowest BCUT2D eigenvalue weighted by Gasteiger charge is -2.30. The molecule has 0 saturated carbocycles. The van der Waals surface area contributed by atoms with Crippen LogP contribution < -0.4 is 0 Å². The maximum atomic E-state index is 10.7. The van der Waals surface area contributed by atoms with Gasteiger partial charge >= 0.3 is 0 Å². The van der Waals surface area contributed by atoms with E-state index in [4.69, 9.17) is 14.2 Å². The third kappa shape index (κ3) is 2.02. The molecule has 0 fully saturated rings. The molecule has 4 heteroatoms. The van der Waals surface area contributed by atoms with Gasteiger partial charge in [-0.3, -0.25) is 4.79 Å². The van der Waals surface area contributed by atoms with Crippen LogP contribution >= 0.6 is 0 Å². The van der Waals surface area contributed by atoms with E-state index >= 15 is 0 Å². The van der Waals surface area contributed by atoms with Gasteiger partial charge in [-0.05, 0) is 6.08 Å². The second kappa shape index (κ2) is 4.39. The van der Waals surface area contributed by atoms with Crippen LogP contribution in [0.4, 0.5) is 0 Å². The SMILES string of the molecule is COC1=CC(OC)(OC)CC(C=O)=C1. The number of rotatable bonds is 4. The first-order valence-corrected chi connectivity index (χ1v) is 4.22. The van der Waals surface area contributed by atoms with Gasteiger partial charge in [-0.15, -0.1) is 0 Å². The lowest BCUT2D eigenvalue weighted by Crippen LogP contribution is -2.34. The largest absolute Gasteiger partial charge is 0.497 e. The van der Waals surface area contributed by atoms with Crippen molar-refractivity contribution >= 4 is 6.29 Å². The van der Waals surface area contributed by atoms with Gasteiger partial charge in [-0.2, -0.15) is 0 Å². The van der Waals surface area contributed by atoms with Crippen molar-refractivity contribution in [2.24, 2.45) is 0 Å². The summed E-state index contributed by atoms with van der Waals surface area (Å²) in [5.41, 5.74) is 0.591. The summed E-state index contributed by atoms with van der Waals surface area (Å²) in [5.74, 6) is -0.307. The molecular formula is C10H14O4. The number of aldehydes is 1. The van der Waals surface area contributed by atoms with E-state index in [0.717, 1.165) is 6.29 Å². The first-order valence-electron chi connectivity index (χ1n) is 4.22. The number of carbonyl (C=O) groups excluding carboxylic acids is 1. The molecular weight excluding hydrogens is 184 g/mol. The van der Waals surface area contributed by atoms with Crippen molar-refractivity contribution in [3.8, 4) is 0 Å². The van der Waals surface area contributed by atoms with Gasteiger partial charge in [0.2, 0.25) is 0 Å². The normalized spacial score (nSPS) is 19.6. The highest BCUT2D eigenvalue weighted by molar-refractivity contribution is 5.75. The molecule has 1 rings (SSSR count). The molecule has 0 saturated heterocycles. The number of methoxy groups -OCH3 is 3. The summed E-state index contributed by atoms with van der Waals surface area (Å²) in [6.07, 6.45) is 4.55. The monoisotopic (exact) mass is 198 g/mol. The second-order valence-electron chi connectivity index (χ2n) is 2.98. The highest BCUT2D eigenvalue weighted by Gasteiger charge is 2.32. The number of hydrogen-bond acceptors (Lipinski definition) is 4. The van der Waals surface area contributed by atoms with Crippen LogP contribution in [0.3, 0.4) is 0 Å². The van der Waals surface area contributed by atoms with Crippen LogP contribution in [0.1, 0.15) is 6.42 Å². The Labute approximate surface area is 83.1 Å². The zero-order valence-corrected chi connectivity index (χ0v) is 8.57. The van der Waals surface area contributed by atoms with Gasteiger partial charge in [0.1, 0.15) is 12.0 Å². The molecule has 4 nitrogen and oxygen atoms in total. The molecule has 1 aliphatic rings. The van der Waals surface area contributed by atoms with Gasteiger partial charge in [0, 0.05) is 32.3 Å². The Morgan fingerprint density at radius 2 is 2.00 bits per heavy atom. The quantitative estimate of drug-likeness (QED) is 0.500. The zero-order valence-electron chi connectivity index (χ0n) is 8.57. The van der Waals surface area contributed by atoms with E-state index in [-0.39, 0.29) is 0 Å². The van der Waals surface area contributed by atoms with Crippen LogP contribution in [-0.2, 0) is 19.0 Å². The number of hydrogen-bond donors (Lipinski definition) is 0. The third-order valence-electron chi connectivity index (χ3n) is 2.22. The summed E-state index contributed by atoms with van der Waals surface area (Å²) in [7, 11) is 4.59. The third-order valence-corrected chi connectivity index (χ3v) is 2.22. The lowest BCUT2D eigenvalue weighted by atomic mass is 9.99. The Bertz CT molecular complexity index is 274. The fraction of sp³-hybridized carbons (Fsp3) is 0.500. The number of allylic oxidation sites excluding steroid dienone is 1. The molecule has 0 aromatic carbocycles. The average Bonchev–Trinajstić information content (AvgIpc) is 2.28. The van der Waals surface area contributed by atoms with Crippen LogP contribution in [0.5, 0.6) is 0 Å². The summed E-state index contributed by atoms with van der Waals surface area (Å²) in [4.78, 5) is 10.7. The van der Waals surface area contributed by atoms with Gasteiger partial charge in [0.25, 0.3) is 0 Å². The van der Waals surface area contributed by atoms with E-state index in [1.807, 2.05) is 0 Å². The van der Waals surface area contributed by atoms with Crippen LogP contribution in [0.2, 0.25) is 0 Å². The molecule has 1 aliphatic carbocycles. The lowest BCUT2D eigenvalue weighted by molar-refractivity contribution is -0.171. The molecule has 0 unspecified atom stereocenters. The van der Waals surface area contributed by atoms with Crippen molar-refractivity contribution < 1.29 is 19.0 Å². The molecule has 0 amide bonds. The fourth-order valence-corrected chi connectivity index (χ4v) is 1.37. The fourth-order valence-electron chi connectivity index (χ4n) is 1.37. The van der Waals surface area contributed by atoms with Crippen molar-refractivity contribution in [3.63, 3.8) is 0 Å². The van der Waals surface area contributed by atoms with E-state index in [2.05, 4.69) is 0 Å². The molecule has 0 radical (unpaired) electrons. The topological polar surface area (TPSA) is 44.8 Å². The molecule has 0 bridgehead atoms. The molecule has 0 N–H and O–H groups in total. The Morgan fingerprint density at radius 1 is 1.36 bits per heavy atom. The minimum absolute atomic E-state index is 0.399. The van der Waals surface area contributed by atoms with E-state index in [0.29, 0.717) is 17.8 Å². The van der Waals surface area contributed by atoms with Crippen LogP contribution in [0, 0.1) is 0 Å². The molecule has 0 aliphatic heterocycles. The summed E-state index contributed by atoms with van der Waals surface area (Å²) in [6.45, 7) is 0. The van der Waals surface area contributed by atoms with Crippen molar-refractivity contribution in [1.29, 1.82) is 0 Å². The molecule has 0 aromatic heterocycles. The first kappa shape index (κ1) is 10.9. The van der Waals surface area contributed by atoms with Gasteiger partial charge in [0.15, 0.2) is 5.79 Å². The first-order chi connectivity index (χ1) is 6.69. The average molecular weight is 198 g/mol. The van der Waals surface area contributed by atoms with Crippen molar-refractivity contribution in [2.45, 2.75) is 12.2 Å². The summed E-state index contributed by atoms with van der Waals surface area (Å²) in [6, 6.07) is 0. The molecule has 0 spiro atoms. The van der Waals surface area contributed by atoms with E-state index in [1.165, 1.54) is 21.3 Å². The van der Waals surface area contributed by atoms with Gasteiger partial charge in [0.05, 0.1) is 7.11 Å². The van der Waals surface area contributed by atoms with Crippen LogP contribution in [0.25, 0.3) is 0 Å². The number of carbonyl (C=O) groups is 1. The maximum absolute atomic E-state index is 10.7. The van der Waals surface area contributed by atoms with Crippen LogP contribution in [0.15, 0.2) is 23.5 Å². The molecule has 0 heterocycles. The molecule has 0 aromatic rings. The summed E-state index contributed by atoms with van der Waals surface area (Å²) < 4.78 is 15.5. The predicted octanol–water partition coefficient (Wildman–Crippen LogP) is 1.03. The van der Waals surface area contributed by atoms with Crippen molar-refractivity contribution in [3.05, 3.63) is 23.5 Å². The Balaban J connectivity index is 2.99. The van der Waals surface area contributed by atoms with Crippen LogP contribution in [-0.4, -0.2) is 33.4 Å². The Morgan fingerprint density at radius 3 is 2.43 bits per heavy atom. The van der Waals surface area contributed by atoms with E-state index in [1.54, 1.807) is 12.2 Å². The highest BCUT2D eigenvalue weighted by atomic mass is 16.7. The maximum Gasteiger partial charge on any atom is 0.195 e.